The van der Waals surface area contributed by atoms with Crippen molar-refractivity contribution in [3.8, 4) is 0 Å². The highest BCUT2D eigenvalue weighted by Gasteiger charge is 2.20. The summed E-state index contributed by atoms with van der Waals surface area (Å²) in [6.07, 6.45) is 3.83. The van der Waals surface area contributed by atoms with Crippen LogP contribution in [0.4, 0.5) is 0 Å². The number of nitrogens with one attached hydrogen (secondary N) is 1. The zero-order valence-corrected chi connectivity index (χ0v) is 9.79. The highest BCUT2D eigenvalue weighted by Crippen LogP contribution is 2.12. The van der Waals surface area contributed by atoms with Crippen molar-refractivity contribution >= 4 is 5.91 Å². The molecule has 1 atom stereocenters. The number of ether oxygens (including phenoxy) is 1. The normalized spacial score (nSPS) is 22.1. The van der Waals surface area contributed by atoms with Crippen molar-refractivity contribution in [2.45, 2.75) is 31.7 Å². The third-order valence-electron chi connectivity index (χ3n) is 3.01. The van der Waals surface area contributed by atoms with Gasteiger partial charge in [-0.05, 0) is 32.4 Å². The van der Waals surface area contributed by atoms with Crippen LogP contribution < -0.4 is 5.32 Å². The lowest BCUT2D eigenvalue weighted by Crippen LogP contribution is -2.37. The maximum absolute atomic E-state index is 11.7. The lowest BCUT2D eigenvalue weighted by atomic mass is 10.1. The molecule has 4 heteroatoms. The summed E-state index contributed by atoms with van der Waals surface area (Å²) < 4.78 is 4.91. The average Bonchev–Trinajstić information content (AvgIpc) is 2.53. The third-order valence-corrected chi connectivity index (χ3v) is 3.01. The van der Waals surface area contributed by atoms with Gasteiger partial charge in [0.25, 0.3) is 0 Å². The molecular formula is C11H22N2O2. The van der Waals surface area contributed by atoms with Gasteiger partial charge >= 0.3 is 0 Å². The fourth-order valence-electron chi connectivity index (χ4n) is 1.96. The molecule has 0 bridgehead atoms. The zero-order valence-electron chi connectivity index (χ0n) is 9.79. The summed E-state index contributed by atoms with van der Waals surface area (Å²) >= 11 is 0. The molecule has 1 rings (SSSR count). The van der Waals surface area contributed by atoms with Crippen molar-refractivity contribution < 1.29 is 9.53 Å². The number of rotatable bonds is 4. The molecule has 0 aromatic rings. The number of carbonyl (C=O) groups is 1. The molecule has 1 fully saturated rings. The molecule has 0 aliphatic carbocycles. The smallest absolute Gasteiger partial charge is 0.224 e. The summed E-state index contributed by atoms with van der Waals surface area (Å²) in [5, 5.41) is 3.35. The van der Waals surface area contributed by atoms with E-state index in [4.69, 9.17) is 4.74 Å². The van der Waals surface area contributed by atoms with Gasteiger partial charge in [0.05, 0.1) is 13.0 Å². The Bertz CT molecular complexity index is 189. The first kappa shape index (κ1) is 12.5. The molecule has 1 saturated heterocycles. The van der Waals surface area contributed by atoms with E-state index in [1.165, 1.54) is 0 Å². The van der Waals surface area contributed by atoms with E-state index in [9.17, 15) is 4.79 Å². The fraction of sp³-hybridized carbons (Fsp3) is 0.909. The molecule has 15 heavy (non-hydrogen) atoms. The molecule has 1 N–H and O–H groups in total. The number of nitrogens with zero attached hydrogens (tertiary/aromatic N) is 1. The highest BCUT2D eigenvalue weighted by atomic mass is 16.5. The van der Waals surface area contributed by atoms with Crippen LogP contribution in [0.25, 0.3) is 0 Å². The second kappa shape index (κ2) is 6.80. The van der Waals surface area contributed by atoms with E-state index in [1.807, 2.05) is 11.9 Å². The monoisotopic (exact) mass is 214 g/mol. The summed E-state index contributed by atoms with van der Waals surface area (Å²) in [5.74, 6) is 0.198. The van der Waals surface area contributed by atoms with Crippen molar-refractivity contribution in [2.75, 3.05) is 33.9 Å². The van der Waals surface area contributed by atoms with Gasteiger partial charge in [0.2, 0.25) is 5.91 Å². The molecule has 0 spiro atoms. The summed E-state index contributed by atoms with van der Waals surface area (Å²) in [6.45, 7) is 2.62. The van der Waals surface area contributed by atoms with Gasteiger partial charge in [-0.25, -0.2) is 0 Å². The summed E-state index contributed by atoms with van der Waals surface area (Å²) in [5.41, 5.74) is 0. The van der Waals surface area contributed by atoms with E-state index >= 15 is 0 Å². The molecule has 1 aliphatic rings. The van der Waals surface area contributed by atoms with Gasteiger partial charge in [0.15, 0.2) is 0 Å². The van der Waals surface area contributed by atoms with Crippen molar-refractivity contribution in [1.82, 2.24) is 10.2 Å². The Hall–Kier alpha value is -0.610. The van der Waals surface area contributed by atoms with E-state index in [0.29, 0.717) is 19.1 Å². The Balaban J connectivity index is 2.35. The second-order valence-electron chi connectivity index (χ2n) is 4.08. The van der Waals surface area contributed by atoms with Crippen molar-refractivity contribution in [3.63, 3.8) is 0 Å². The van der Waals surface area contributed by atoms with Gasteiger partial charge < -0.3 is 15.0 Å². The van der Waals surface area contributed by atoms with Crippen LogP contribution in [0.3, 0.4) is 0 Å². The molecule has 1 unspecified atom stereocenters. The summed E-state index contributed by atoms with van der Waals surface area (Å²) in [6, 6.07) is 0.407. The predicted molar refractivity (Wildman–Crippen MR) is 59.8 cm³/mol. The number of methoxy groups -OCH3 is 1. The number of hydrogen-bond donors (Lipinski definition) is 1. The van der Waals surface area contributed by atoms with Crippen LogP contribution in [0.5, 0.6) is 0 Å². The van der Waals surface area contributed by atoms with E-state index in [-0.39, 0.29) is 5.91 Å². The van der Waals surface area contributed by atoms with Gasteiger partial charge in [-0.1, -0.05) is 0 Å². The quantitative estimate of drug-likeness (QED) is 0.746. The van der Waals surface area contributed by atoms with Gasteiger partial charge in [-0.2, -0.15) is 0 Å². The largest absolute Gasteiger partial charge is 0.384 e. The molecule has 0 aromatic heterocycles. The van der Waals surface area contributed by atoms with Crippen molar-refractivity contribution in [3.05, 3.63) is 0 Å². The minimum atomic E-state index is 0.198. The number of hydrogen-bond acceptors (Lipinski definition) is 3. The van der Waals surface area contributed by atoms with Crippen molar-refractivity contribution in [2.24, 2.45) is 0 Å². The number of amides is 1. The Kier molecular flexibility index (Phi) is 5.65. The Labute approximate surface area is 92.0 Å². The Morgan fingerprint density at radius 1 is 1.47 bits per heavy atom. The van der Waals surface area contributed by atoms with E-state index in [2.05, 4.69) is 5.32 Å². The van der Waals surface area contributed by atoms with Gasteiger partial charge in [-0.15, -0.1) is 0 Å². The molecule has 0 radical (unpaired) electrons. The minimum Gasteiger partial charge on any atom is -0.384 e. The lowest BCUT2D eigenvalue weighted by molar-refractivity contribution is -0.133. The van der Waals surface area contributed by atoms with Crippen LogP contribution in [0.15, 0.2) is 0 Å². The first-order chi connectivity index (χ1) is 7.25. The molecule has 88 valence electrons. The van der Waals surface area contributed by atoms with E-state index in [0.717, 1.165) is 32.4 Å². The van der Waals surface area contributed by atoms with Gasteiger partial charge in [0, 0.05) is 20.2 Å². The van der Waals surface area contributed by atoms with E-state index < -0.39 is 0 Å². The summed E-state index contributed by atoms with van der Waals surface area (Å²) in [7, 11) is 3.54. The molecule has 4 nitrogen and oxygen atoms in total. The molecule has 1 amide bonds. The van der Waals surface area contributed by atoms with Crippen LogP contribution in [0.2, 0.25) is 0 Å². The minimum absolute atomic E-state index is 0.198. The first-order valence-electron chi connectivity index (χ1n) is 5.71. The SMILES string of the molecule is COCCC(=O)N(C)C1CCCNCC1. The maximum atomic E-state index is 11.7. The lowest BCUT2D eigenvalue weighted by Gasteiger charge is -2.27. The van der Waals surface area contributed by atoms with Gasteiger partial charge in [0.1, 0.15) is 0 Å². The highest BCUT2D eigenvalue weighted by molar-refractivity contribution is 5.76. The second-order valence-corrected chi connectivity index (χ2v) is 4.08. The molecule has 0 aromatic carbocycles. The van der Waals surface area contributed by atoms with Gasteiger partial charge in [-0.3, -0.25) is 4.79 Å². The van der Waals surface area contributed by atoms with Crippen LogP contribution in [0.1, 0.15) is 25.7 Å². The topological polar surface area (TPSA) is 41.6 Å². The van der Waals surface area contributed by atoms with Crippen LogP contribution >= 0.6 is 0 Å². The third kappa shape index (κ3) is 4.18. The van der Waals surface area contributed by atoms with E-state index in [1.54, 1.807) is 7.11 Å². The molecule has 1 aliphatic heterocycles. The van der Waals surface area contributed by atoms with Crippen LogP contribution in [0, 0.1) is 0 Å². The molecule has 1 heterocycles. The maximum Gasteiger partial charge on any atom is 0.224 e. The average molecular weight is 214 g/mol. The standard InChI is InChI=1S/C11H22N2O2/c1-13(11(14)6-9-15-2)10-4-3-7-12-8-5-10/h10,12H,3-9H2,1-2H3. The zero-order chi connectivity index (χ0) is 11.1. The van der Waals surface area contributed by atoms with Crippen LogP contribution in [-0.2, 0) is 9.53 Å². The Morgan fingerprint density at radius 2 is 2.27 bits per heavy atom. The van der Waals surface area contributed by atoms with Crippen molar-refractivity contribution in [1.29, 1.82) is 0 Å². The summed E-state index contributed by atoms with van der Waals surface area (Å²) in [4.78, 5) is 13.6. The predicted octanol–water partition coefficient (Wildman–Crippen LogP) is 0.623. The van der Waals surface area contributed by atoms with Crippen LogP contribution in [-0.4, -0.2) is 50.7 Å². The molecular weight excluding hydrogens is 192 g/mol. The first-order valence-corrected chi connectivity index (χ1v) is 5.71. The Morgan fingerprint density at radius 3 is 3.00 bits per heavy atom. The number of carbonyl (C=O) groups excluding carboxylic acids is 1. The fourth-order valence-corrected chi connectivity index (χ4v) is 1.96. The molecule has 0 saturated carbocycles.